The number of anilines is 1. The summed E-state index contributed by atoms with van der Waals surface area (Å²) in [6.45, 7) is 7.76. The molecule has 0 spiro atoms. The van der Waals surface area contributed by atoms with Crippen LogP contribution in [0.4, 0.5) is 5.69 Å². The van der Waals surface area contributed by atoms with E-state index in [9.17, 15) is 9.59 Å². The quantitative estimate of drug-likeness (QED) is 0.750. The highest BCUT2D eigenvalue weighted by molar-refractivity contribution is 5.97. The summed E-state index contributed by atoms with van der Waals surface area (Å²) >= 11 is 0. The van der Waals surface area contributed by atoms with E-state index in [1.54, 1.807) is 24.3 Å². The monoisotopic (exact) mass is 291 g/mol. The van der Waals surface area contributed by atoms with E-state index in [0.717, 1.165) is 6.42 Å². The first-order chi connectivity index (χ1) is 9.85. The van der Waals surface area contributed by atoms with Gasteiger partial charge in [-0.15, -0.1) is 0 Å². The molecular weight excluding hydrogens is 266 g/mol. The maximum absolute atomic E-state index is 12.0. The highest BCUT2D eigenvalue weighted by atomic mass is 16.2. The van der Waals surface area contributed by atoms with Crippen molar-refractivity contribution in [3.63, 3.8) is 0 Å². The fourth-order valence-electron chi connectivity index (χ4n) is 1.79. The van der Waals surface area contributed by atoms with Crippen molar-refractivity contribution < 1.29 is 9.59 Å². The molecule has 0 aliphatic heterocycles. The molecule has 0 radical (unpaired) electrons. The van der Waals surface area contributed by atoms with E-state index in [4.69, 9.17) is 5.73 Å². The number of carbonyl (C=O) groups is 2. The molecule has 0 aromatic heterocycles. The van der Waals surface area contributed by atoms with E-state index in [1.165, 1.54) is 0 Å². The lowest BCUT2D eigenvalue weighted by Crippen LogP contribution is -2.40. The Kier molecular flexibility index (Phi) is 6.37. The predicted molar refractivity (Wildman–Crippen MR) is 85.1 cm³/mol. The molecule has 4 N–H and O–H groups in total. The SMILES string of the molecule is CC[C@H](C)[C@H](N)C(=O)Nc1ccc(C(=O)NC(C)C)cc1. The van der Waals surface area contributed by atoms with E-state index in [0.29, 0.717) is 11.3 Å². The second-order valence-electron chi connectivity index (χ2n) is 5.61. The average Bonchev–Trinajstić information content (AvgIpc) is 2.45. The fraction of sp³-hybridized carbons (Fsp3) is 0.500. The molecule has 0 aliphatic rings. The van der Waals surface area contributed by atoms with Crippen LogP contribution in [-0.2, 0) is 4.79 Å². The topological polar surface area (TPSA) is 84.2 Å². The van der Waals surface area contributed by atoms with E-state index >= 15 is 0 Å². The Morgan fingerprint density at radius 3 is 2.19 bits per heavy atom. The summed E-state index contributed by atoms with van der Waals surface area (Å²) in [4.78, 5) is 23.8. The van der Waals surface area contributed by atoms with Gasteiger partial charge in [-0.05, 0) is 44.0 Å². The molecule has 116 valence electrons. The van der Waals surface area contributed by atoms with Gasteiger partial charge in [-0.1, -0.05) is 20.3 Å². The number of hydrogen-bond donors (Lipinski definition) is 3. The third-order valence-corrected chi connectivity index (χ3v) is 3.39. The van der Waals surface area contributed by atoms with Gasteiger partial charge in [0.1, 0.15) is 0 Å². The van der Waals surface area contributed by atoms with Gasteiger partial charge in [-0.2, -0.15) is 0 Å². The van der Waals surface area contributed by atoms with Crippen LogP contribution >= 0.6 is 0 Å². The van der Waals surface area contributed by atoms with Crippen molar-refractivity contribution in [1.29, 1.82) is 0 Å². The Bertz CT molecular complexity index is 483. The van der Waals surface area contributed by atoms with Gasteiger partial charge in [0.25, 0.3) is 5.91 Å². The Hall–Kier alpha value is -1.88. The van der Waals surface area contributed by atoms with Crippen LogP contribution in [0.15, 0.2) is 24.3 Å². The number of hydrogen-bond acceptors (Lipinski definition) is 3. The van der Waals surface area contributed by atoms with Crippen molar-refractivity contribution in [1.82, 2.24) is 5.32 Å². The van der Waals surface area contributed by atoms with Crippen LogP contribution in [0.1, 0.15) is 44.5 Å². The summed E-state index contributed by atoms with van der Waals surface area (Å²) in [5, 5.41) is 5.58. The lowest BCUT2D eigenvalue weighted by molar-refractivity contribution is -0.118. The molecule has 2 atom stereocenters. The van der Waals surface area contributed by atoms with Gasteiger partial charge >= 0.3 is 0 Å². The van der Waals surface area contributed by atoms with Gasteiger partial charge in [0.15, 0.2) is 0 Å². The first kappa shape index (κ1) is 17.2. The van der Waals surface area contributed by atoms with Gasteiger partial charge in [0.05, 0.1) is 6.04 Å². The zero-order valence-corrected chi connectivity index (χ0v) is 13.1. The summed E-state index contributed by atoms with van der Waals surface area (Å²) in [5.41, 5.74) is 7.08. The smallest absolute Gasteiger partial charge is 0.251 e. The first-order valence-corrected chi connectivity index (χ1v) is 7.32. The highest BCUT2D eigenvalue weighted by Crippen LogP contribution is 2.12. The number of benzene rings is 1. The highest BCUT2D eigenvalue weighted by Gasteiger charge is 2.19. The van der Waals surface area contributed by atoms with Crippen LogP contribution in [0.25, 0.3) is 0 Å². The lowest BCUT2D eigenvalue weighted by atomic mass is 9.99. The summed E-state index contributed by atoms with van der Waals surface area (Å²) in [6.07, 6.45) is 0.850. The van der Waals surface area contributed by atoms with Crippen LogP contribution < -0.4 is 16.4 Å². The molecule has 21 heavy (non-hydrogen) atoms. The minimum absolute atomic E-state index is 0.0883. The standard InChI is InChI=1S/C16H25N3O2/c1-5-11(4)14(17)16(21)19-13-8-6-12(7-9-13)15(20)18-10(2)3/h6-11,14H,5,17H2,1-4H3,(H,18,20)(H,19,21)/t11-,14-/m0/s1. The van der Waals surface area contributed by atoms with Gasteiger partial charge < -0.3 is 16.4 Å². The first-order valence-electron chi connectivity index (χ1n) is 7.32. The summed E-state index contributed by atoms with van der Waals surface area (Å²) < 4.78 is 0. The number of carbonyl (C=O) groups excluding carboxylic acids is 2. The molecule has 0 aliphatic carbocycles. The zero-order chi connectivity index (χ0) is 16.0. The maximum atomic E-state index is 12.0. The zero-order valence-electron chi connectivity index (χ0n) is 13.1. The van der Waals surface area contributed by atoms with Crippen molar-refractivity contribution in [3.8, 4) is 0 Å². The molecule has 1 rings (SSSR count). The number of rotatable bonds is 6. The summed E-state index contributed by atoms with van der Waals surface area (Å²) in [5.74, 6) is -0.205. The Morgan fingerprint density at radius 1 is 1.14 bits per heavy atom. The molecular formula is C16H25N3O2. The molecule has 0 unspecified atom stereocenters. The van der Waals surface area contributed by atoms with Crippen LogP contribution in [0.5, 0.6) is 0 Å². The van der Waals surface area contributed by atoms with Gasteiger partial charge in [-0.3, -0.25) is 9.59 Å². The molecule has 0 saturated carbocycles. The normalized spacial score (nSPS) is 13.6. The molecule has 5 heteroatoms. The number of nitrogens with one attached hydrogen (secondary N) is 2. The number of amides is 2. The predicted octanol–water partition coefficient (Wildman–Crippen LogP) is 2.14. The van der Waals surface area contributed by atoms with Crippen molar-refractivity contribution in [2.45, 2.75) is 46.2 Å². The second kappa shape index (κ2) is 7.78. The maximum Gasteiger partial charge on any atom is 0.251 e. The van der Waals surface area contributed by atoms with Crippen molar-refractivity contribution in [3.05, 3.63) is 29.8 Å². The largest absolute Gasteiger partial charge is 0.350 e. The van der Waals surface area contributed by atoms with Gasteiger partial charge in [0.2, 0.25) is 5.91 Å². The molecule has 0 bridgehead atoms. The molecule has 0 saturated heterocycles. The van der Waals surface area contributed by atoms with Crippen molar-refractivity contribution >= 4 is 17.5 Å². The van der Waals surface area contributed by atoms with Crippen LogP contribution in [0, 0.1) is 5.92 Å². The van der Waals surface area contributed by atoms with Crippen LogP contribution in [0.3, 0.4) is 0 Å². The Labute approximate surface area is 126 Å². The molecule has 0 heterocycles. The molecule has 2 amide bonds. The summed E-state index contributed by atoms with van der Waals surface area (Å²) in [6, 6.07) is 6.33. The third kappa shape index (κ3) is 5.19. The van der Waals surface area contributed by atoms with Gasteiger partial charge in [-0.25, -0.2) is 0 Å². The van der Waals surface area contributed by atoms with Crippen LogP contribution in [-0.4, -0.2) is 23.9 Å². The average molecular weight is 291 g/mol. The number of nitrogens with two attached hydrogens (primary N) is 1. The Balaban J connectivity index is 2.66. The molecule has 1 aromatic rings. The van der Waals surface area contributed by atoms with Crippen LogP contribution in [0.2, 0.25) is 0 Å². The van der Waals surface area contributed by atoms with E-state index < -0.39 is 6.04 Å². The molecule has 5 nitrogen and oxygen atoms in total. The minimum atomic E-state index is -0.529. The third-order valence-electron chi connectivity index (χ3n) is 3.39. The Morgan fingerprint density at radius 2 is 1.71 bits per heavy atom. The molecule has 0 fully saturated rings. The molecule has 1 aromatic carbocycles. The van der Waals surface area contributed by atoms with E-state index in [2.05, 4.69) is 10.6 Å². The van der Waals surface area contributed by atoms with E-state index in [1.807, 2.05) is 27.7 Å². The van der Waals surface area contributed by atoms with E-state index in [-0.39, 0.29) is 23.8 Å². The lowest BCUT2D eigenvalue weighted by Gasteiger charge is -2.17. The minimum Gasteiger partial charge on any atom is -0.350 e. The van der Waals surface area contributed by atoms with Gasteiger partial charge in [0, 0.05) is 17.3 Å². The van der Waals surface area contributed by atoms with Crippen molar-refractivity contribution in [2.24, 2.45) is 11.7 Å². The summed E-state index contributed by atoms with van der Waals surface area (Å²) in [7, 11) is 0. The van der Waals surface area contributed by atoms with Crippen molar-refractivity contribution in [2.75, 3.05) is 5.32 Å². The second-order valence-corrected chi connectivity index (χ2v) is 5.61. The fourth-order valence-corrected chi connectivity index (χ4v) is 1.79.